The molecule has 1 aromatic carbocycles. The molecule has 1 fully saturated rings. The molecule has 2 rings (SSSR count). The number of rotatable bonds is 1. The van der Waals surface area contributed by atoms with Gasteiger partial charge in [-0.05, 0) is 39.0 Å². The number of hydroxylamine groups is 2. The summed E-state index contributed by atoms with van der Waals surface area (Å²) in [5, 5.41) is 21.3. The first-order valence-corrected chi connectivity index (χ1v) is 5.88. The molecule has 1 atom stereocenters. The molecular formula is C12H15ClN2O3. The second-order valence-electron chi connectivity index (χ2n) is 4.99. The van der Waals surface area contributed by atoms with E-state index in [1.54, 1.807) is 38.1 Å². The molecule has 0 bridgehead atoms. The van der Waals surface area contributed by atoms with E-state index in [-0.39, 0.29) is 0 Å². The fourth-order valence-corrected chi connectivity index (χ4v) is 2.16. The number of amides is 2. The molecule has 1 aromatic rings. The van der Waals surface area contributed by atoms with Gasteiger partial charge in [-0.15, -0.1) is 0 Å². The van der Waals surface area contributed by atoms with Gasteiger partial charge in [0.25, 0.3) is 0 Å². The van der Waals surface area contributed by atoms with Crippen LogP contribution in [0.4, 0.5) is 10.5 Å². The lowest BCUT2D eigenvalue weighted by Gasteiger charge is -2.37. The number of anilines is 1. The fourth-order valence-electron chi connectivity index (χ4n) is 1.97. The summed E-state index contributed by atoms with van der Waals surface area (Å²) in [5.74, 6) is 0. The molecule has 1 saturated heterocycles. The zero-order chi connectivity index (χ0) is 13.7. The summed E-state index contributed by atoms with van der Waals surface area (Å²) in [7, 11) is 0. The zero-order valence-corrected chi connectivity index (χ0v) is 11.1. The van der Waals surface area contributed by atoms with Gasteiger partial charge in [0.1, 0.15) is 5.54 Å². The van der Waals surface area contributed by atoms with Crippen LogP contribution in [-0.2, 0) is 0 Å². The van der Waals surface area contributed by atoms with E-state index in [2.05, 4.69) is 0 Å². The van der Waals surface area contributed by atoms with Crippen molar-refractivity contribution in [3.8, 4) is 0 Å². The van der Waals surface area contributed by atoms with Gasteiger partial charge in [0.2, 0.25) is 0 Å². The summed E-state index contributed by atoms with van der Waals surface area (Å²) >= 11 is 5.88. The van der Waals surface area contributed by atoms with E-state index in [1.165, 1.54) is 6.92 Å². The van der Waals surface area contributed by atoms with E-state index in [0.717, 1.165) is 4.90 Å². The highest BCUT2D eigenvalue weighted by Gasteiger charge is 2.60. The summed E-state index contributed by atoms with van der Waals surface area (Å²) in [6.07, 6.45) is 0. The lowest BCUT2D eigenvalue weighted by atomic mass is 9.92. The molecule has 18 heavy (non-hydrogen) atoms. The largest absolute Gasteiger partial charge is 0.368 e. The first-order chi connectivity index (χ1) is 8.19. The molecule has 0 aliphatic carbocycles. The molecule has 1 unspecified atom stereocenters. The number of hydrogen-bond acceptors (Lipinski definition) is 3. The Labute approximate surface area is 110 Å². The molecule has 6 heteroatoms. The number of aliphatic hydroxyl groups is 1. The molecular weight excluding hydrogens is 256 g/mol. The molecule has 5 nitrogen and oxygen atoms in total. The molecule has 0 saturated carbocycles. The Morgan fingerprint density at radius 2 is 1.89 bits per heavy atom. The van der Waals surface area contributed by atoms with E-state index in [0.29, 0.717) is 15.8 Å². The number of carbonyl (C=O) groups is 1. The van der Waals surface area contributed by atoms with Gasteiger partial charge in [0.15, 0.2) is 5.72 Å². The van der Waals surface area contributed by atoms with Gasteiger partial charge in [-0.25, -0.2) is 4.79 Å². The number of halogens is 1. The number of carbonyl (C=O) groups excluding carboxylic acids is 1. The lowest BCUT2D eigenvalue weighted by Crippen LogP contribution is -2.56. The minimum absolute atomic E-state index is 0.433. The number of urea groups is 1. The fraction of sp³-hybridized carbons (Fsp3) is 0.417. The average molecular weight is 271 g/mol. The number of benzene rings is 1. The van der Waals surface area contributed by atoms with Crippen molar-refractivity contribution in [1.82, 2.24) is 5.06 Å². The van der Waals surface area contributed by atoms with Crippen molar-refractivity contribution >= 4 is 23.3 Å². The molecule has 1 heterocycles. The van der Waals surface area contributed by atoms with Crippen LogP contribution in [0.5, 0.6) is 0 Å². The molecule has 1 aliphatic heterocycles. The van der Waals surface area contributed by atoms with Gasteiger partial charge in [-0.3, -0.25) is 10.1 Å². The van der Waals surface area contributed by atoms with Crippen molar-refractivity contribution in [2.75, 3.05) is 4.90 Å². The van der Waals surface area contributed by atoms with Gasteiger partial charge in [-0.1, -0.05) is 17.7 Å². The van der Waals surface area contributed by atoms with Gasteiger partial charge in [0.05, 0.1) is 5.69 Å². The minimum Gasteiger partial charge on any atom is -0.368 e. The maximum absolute atomic E-state index is 12.0. The van der Waals surface area contributed by atoms with Crippen molar-refractivity contribution in [3.05, 3.63) is 29.3 Å². The van der Waals surface area contributed by atoms with Gasteiger partial charge in [-0.2, -0.15) is 5.06 Å². The number of nitrogens with zero attached hydrogens (tertiary/aromatic N) is 2. The summed E-state index contributed by atoms with van der Waals surface area (Å²) < 4.78 is 0. The van der Waals surface area contributed by atoms with Gasteiger partial charge < -0.3 is 5.11 Å². The highest BCUT2D eigenvalue weighted by molar-refractivity contribution is 6.30. The monoisotopic (exact) mass is 270 g/mol. The van der Waals surface area contributed by atoms with Crippen molar-refractivity contribution < 1.29 is 15.1 Å². The summed E-state index contributed by atoms with van der Waals surface area (Å²) in [4.78, 5) is 13.2. The van der Waals surface area contributed by atoms with Crippen LogP contribution in [0.15, 0.2) is 24.3 Å². The maximum Gasteiger partial charge on any atom is 0.351 e. The lowest BCUT2D eigenvalue weighted by molar-refractivity contribution is -0.149. The molecule has 2 N–H and O–H groups in total. The smallest absolute Gasteiger partial charge is 0.351 e. The third-order valence-electron chi connectivity index (χ3n) is 3.56. The Morgan fingerprint density at radius 3 is 2.33 bits per heavy atom. The van der Waals surface area contributed by atoms with Crippen LogP contribution in [0.3, 0.4) is 0 Å². The second kappa shape index (κ2) is 3.85. The standard InChI is InChI=1S/C12H15ClN2O3/c1-11(2)12(3,17)14(10(16)15(11)18)9-6-4-5-8(13)7-9/h4-7,17-18H,1-3H3. The Morgan fingerprint density at radius 1 is 1.28 bits per heavy atom. The quantitative estimate of drug-likeness (QED) is 0.771. The maximum atomic E-state index is 12.0. The van der Waals surface area contributed by atoms with E-state index >= 15 is 0 Å². The van der Waals surface area contributed by atoms with Crippen LogP contribution < -0.4 is 4.90 Å². The second-order valence-corrected chi connectivity index (χ2v) is 5.43. The van der Waals surface area contributed by atoms with Crippen molar-refractivity contribution in [2.24, 2.45) is 0 Å². The van der Waals surface area contributed by atoms with E-state index in [1.807, 2.05) is 0 Å². The molecule has 2 amide bonds. The Hall–Kier alpha value is -1.30. The van der Waals surface area contributed by atoms with Crippen LogP contribution in [0.2, 0.25) is 5.02 Å². The molecule has 1 aliphatic rings. The van der Waals surface area contributed by atoms with Crippen LogP contribution in [-0.4, -0.2) is 32.7 Å². The van der Waals surface area contributed by atoms with Crippen molar-refractivity contribution in [1.29, 1.82) is 0 Å². The summed E-state index contributed by atoms with van der Waals surface area (Å²) in [6, 6.07) is 5.86. The minimum atomic E-state index is -1.55. The van der Waals surface area contributed by atoms with Gasteiger partial charge in [0, 0.05) is 5.02 Å². The van der Waals surface area contributed by atoms with E-state index < -0.39 is 17.3 Å². The normalized spacial score (nSPS) is 26.9. The van der Waals surface area contributed by atoms with Crippen LogP contribution in [0.25, 0.3) is 0 Å². The molecule has 0 aromatic heterocycles. The molecule has 98 valence electrons. The van der Waals surface area contributed by atoms with Crippen molar-refractivity contribution in [2.45, 2.75) is 32.0 Å². The Kier molecular flexibility index (Phi) is 2.81. The molecule has 0 spiro atoms. The van der Waals surface area contributed by atoms with E-state index in [4.69, 9.17) is 11.6 Å². The number of hydrogen-bond donors (Lipinski definition) is 2. The molecule has 0 radical (unpaired) electrons. The van der Waals surface area contributed by atoms with Crippen molar-refractivity contribution in [3.63, 3.8) is 0 Å². The zero-order valence-electron chi connectivity index (χ0n) is 10.4. The van der Waals surface area contributed by atoms with Crippen LogP contribution in [0.1, 0.15) is 20.8 Å². The topological polar surface area (TPSA) is 64.0 Å². The third-order valence-corrected chi connectivity index (χ3v) is 3.80. The Balaban J connectivity index is 2.55. The summed E-state index contributed by atoms with van der Waals surface area (Å²) in [6.45, 7) is 4.63. The first kappa shape index (κ1) is 13.1. The van der Waals surface area contributed by atoms with E-state index in [9.17, 15) is 15.1 Å². The Bertz CT molecular complexity index is 502. The predicted octanol–water partition coefficient (Wildman–Crippen LogP) is 2.46. The average Bonchev–Trinajstić information content (AvgIpc) is 2.37. The highest BCUT2D eigenvalue weighted by Crippen LogP contribution is 2.41. The predicted molar refractivity (Wildman–Crippen MR) is 67.7 cm³/mol. The van der Waals surface area contributed by atoms with Gasteiger partial charge >= 0.3 is 6.03 Å². The first-order valence-electron chi connectivity index (χ1n) is 5.51. The third kappa shape index (κ3) is 1.59. The summed E-state index contributed by atoms with van der Waals surface area (Å²) in [5.41, 5.74) is -2.25. The SMILES string of the molecule is CC1(C)N(O)C(=O)N(c2cccc(Cl)c2)C1(C)O. The van der Waals surface area contributed by atoms with Crippen LogP contribution in [0, 0.1) is 0 Å². The van der Waals surface area contributed by atoms with Crippen LogP contribution >= 0.6 is 11.6 Å². The highest BCUT2D eigenvalue weighted by atomic mass is 35.5.